The van der Waals surface area contributed by atoms with E-state index in [2.05, 4.69) is 5.92 Å². The molecule has 1 heteroatoms. The number of ketones is 1. The minimum atomic E-state index is -0.126. The summed E-state index contributed by atoms with van der Waals surface area (Å²) < 4.78 is 0. The Morgan fingerprint density at radius 1 is 1.33 bits per heavy atom. The van der Waals surface area contributed by atoms with E-state index in [1.165, 1.54) is 0 Å². The van der Waals surface area contributed by atoms with Gasteiger partial charge in [-0.25, -0.2) is 0 Å². The summed E-state index contributed by atoms with van der Waals surface area (Å²) in [7, 11) is 0. The molecule has 0 bridgehead atoms. The first-order valence-corrected chi connectivity index (χ1v) is 3.86. The number of terminal acetylenes is 1. The average Bonchev–Trinajstić information content (AvgIpc) is 2.16. The molecular weight excluding hydrogens is 148 g/mol. The fourth-order valence-corrected chi connectivity index (χ4v) is 0.975. The van der Waals surface area contributed by atoms with Crippen molar-refractivity contribution in [3.63, 3.8) is 0 Å². The third-order valence-corrected chi connectivity index (χ3v) is 1.64. The van der Waals surface area contributed by atoms with Crippen molar-refractivity contribution in [3.8, 4) is 12.3 Å². The Hall–Kier alpha value is -1.55. The molecule has 0 aliphatic carbocycles. The summed E-state index contributed by atoms with van der Waals surface area (Å²) in [5, 5.41) is 0. The maximum absolute atomic E-state index is 10.7. The van der Waals surface area contributed by atoms with Crippen LogP contribution in [0.1, 0.15) is 12.0 Å². The summed E-state index contributed by atoms with van der Waals surface area (Å²) in [4.78, 5) is 10.7. The molecule has 0 radical (unpaired) electrons. The van der Waals surface area contributed by atoms with Crippen LogP contribution in [0, 0.1) is 12.3 Å². The predicted octanol–water partition coefficient (Wildman–Crippen LogP) is 1.82. The van der Waals surface area contributed by atoms with Crippen LogP contribution in [0.5, 0.6) is 0 Å². The number of rotatable bonds is 3. The van der Waals surface area contributed by atoms with Gasteiger partial charge >= 0.3 is 0 Å². The van der Waals surface area contributed by atoms with E-state index in [0.717, 1.165) is 12.0 Å². The molecular formula is C11H10O. The maximum Gasteiger partial charge on any atom is 0.205 e. The van der Waals surface area contributed by atoms with Crippen LogP contribution in [-0.2, 0) is 11.2 Å². The van der Waals surface area contributed by atoms with Crippen molar-refractivity contribution in [3.05, 3.63) is 35.9 Å². The molecule has 0 amide bonds. The molecule has 0 aliphatic heterocycles. The second-order valence-electron chi connectivity index (χ2n) is 2.55. The largest absolute Gasteiger partial charge is 0.285 e. The standard InChI is InChI=1S/C11H10O/c1-2-11(12)9-8-10-6-4-3-5-7-10/h1,3-7H,8-9H2. The number of aryl methyl sites for hydroxylation is 1. The molecule has 0 saturated heterocycles. The zero-order valence-electron chi connectivity index (χ0n) is 6.79. The van der Waals surface area contributed by atoms with Crippen LogP contribution in [0.25, 0.3) is 0 Å². The highest BCUT2D eigenvalue weighted by molar-refractivity contribution is 5.94. The van der Waals surface area contributed by atoms with Gasteiger partial charge in [-0.05, 0) is 17.9 Å². The SMILES string of the molecule is C#CC(=O)CCc1ccccc1. The van der Waals surface area contributed by atoms with Gasteiger partial charge in [0, 0.05) is 6.42 Å². The van der Waals surface area contributed by atoms with Crippen molar-refractivity contribution in [2.75, 3.05) is 0 Å². The number of benzene rings is 1. The zero-order valence-corrected chi connectivity index (χ0v) is 6.79. The predicted molar refractivity (Wildman–Crippen MR) is 48.6 cm³/mol. The number of Topliss-reactive ketones (excluding diaryl/α,β-unsaturated/α-hetero) is 1. The lowest BCUT2D eigenvalue weighted by Crippen LogP contribution is -1.95. The molecule has 0 fully saturated rings. The molecule has 0 aliphatic rings. The molecule has 1 nitrogen and oxygen atoms in total. The number of hydrogen-bond donors (Lipinski definition) is 0. The Morgan fingerprint density at radius 3 is 2.58 bits per heavy atom. The van der Waals surface area contributed by atoms with Crippen molar-refractivity contribution in [2.24, 2.45) is 0 Å². The number of carbonyl (C=O) groups is 1. The second-order valence-corrected chi connectivity index (χ2v) is 2.55. The molecule has 0 aromatic heterocycles. The molecule has 1 aromatic rings. The minimum absolute atomic E-state index is 0.126. The molecule has 1 rings (SSSR count). The summed E-state index contributed by atoms with van der Waals surface area (Å²) in [6.07, 6.45) is 6.12. The third-order valence-electron chi connectivity index (χ3n) is 1.64. The monoisotopic (exact) mass is 158 g/mol. The summed E-state index contributed by atoms with van der Waals surface area (Å²) in [5.74, 6) is 1.97. The minimum Gasteiger partial charge on any atom is -0.285 e. The molecule has 0 unspecified atom stereocenters. The van der Waals surface area contributed by atoms with E-state index in [9.17, 15) is 4.79 Å². The van der Waals surface area contributed by atoms with Gasteiger partial charge in [-0.1, -0.05) is 30.3 Å². The van der Waals surface area contributed by atoms with Gasteiger partial charge in [0.15, 0.2) is 0 Å². The second kappa shape index (κ2) is 4.35. The van der Waals surface area contributed by atoms with E-state index in [1.54, 1.807) is 0 Å². The Morgan fingerprint density at radius 2 is 2.00 bits per heavy atom. The highest BCUT2D eigenvalue weighted by atomic mass is 16.1. The van der Waals surface area contributed by atoms with Crippen molar-refractivity contribution in [1.82, 2.24) is 0 Å². The molecule has 60 valence electrons. The van der Waals surface area contributed by atoms with E-state index in [-0.39, 0.29) is 5.78 Å². The van der Waals surface area contributed by atoms with Gasteiger partial charge in [-0.3, -0.25) is 4.79 Å². The summed E-state index contributed by atoms with van der Waals surface area (Å²) in [6, 6.07) is 9.84. The molecule has 12 heavy (non-hydrogen) atoms. The van der Waals surface area contributed by atoms with E-state index in [1.807, 2.05) is 30.3 Å². The zero-order chi connectivity index (χ0) is 8.81. The van der Waals surface area contributed by atoms with Crippen LogP contribution in [0.2, 0.25) is 0 Å². The number of hydrogen-bond acceptors (Lipinski definition) is 1. The highest BCUT2D eigenvalue weighted by Crippen LogP contribution is 2.01. The lowest BCUT2D eigenvalue weighted by molar-refractivity contribution is -0.113. The van der Waals surface area contributed by atoms with Gasteiger partial charge in [0.05, 0.1) is 0 Å². The van der Waals surface area contributed by atoms with Gasteiger partial charge in [0.25, 0.3) is 0 Å². The summed E-state index contributed by atoms with van der Waals surface area (Å²) >= 11 is 0. The Balaban J connectivity index is 2.45. The van der Waals surface area contributed by atoms with Gasteiger partial charge in [-0.2, -0.15) is 0 Å². The van der Waals surface area contributed by atoms with E-state index < -0.39 is 0 Å². The Bertz CT molecular complexity index is 293. The van der Waals surface area contributed by atoms with Gasteiger partial charge < -0.3 is 0 Å². The lowest BCUT2D eigenvalue weighted by atomic mass is 10.1. The maximum atomic E-state index is 10.7. The van der Waals surface area contributed by atoms with Crippen molar-refractivity contribution >= 4 is 5.78 Å². The molecule has 0 N–H and O–H groups in total. The smallest absolute Gasteiger partial charge is 0.205 e. The fraction of sp³-hybridized carbons (Fsp3) is 0.182. The number of carbonyl (C=O) groups excluding carboxylic acids is 1. The van der Waals surface area contributed by atoms with Gasteiger partial charge in [-0.15, -0.1) is 6.42 Å². The van der Waals surface area contributed by atoms with Crippen LogP contribution in [0.15, 0.2) is 30.3 Å². The van der Waals surface area contributed by atoms with Crippen molar-refractivity contribution in [2.45, 2.75) is 12.8 Å². The van der Waals surface area contributed by atoms with Crippen LogP contribution < -0.4 is 0 Å². The highest BCUT2D eigenvalue weighted by Gasteiger charge is 1.96. The third kappa shape index (κ3) is 2.59. The van der Waals surface area contributed by atoms with Gasteiger partial charge in [0.1, 0.15) is 0 Å². The summed E-state index contributed by atoms with van der Waals surface area (Å²) in [6.45, 7) is 0. The Kier molecular flexibility index (Phi) is 3.10. The van der Waals surface area contributed by atoms with Crippen LogP contribution in [-0.4, -0.2) is 5.78 Å². The van der Waals surface area contributed by atoms with E-state index in [0.29, 0.717) is 6.42 Å². The van der Waals surface area contributed by atoms with Crippen LogP contribution in [0.3, 0.4) is 0 Å². The molecule has 0 atom stereocenters. The molecule has 0 spiro atoms. The first kappa shape index (κ1) is 8.55. The van der Waals surface area contributed by atoms with Crippen molar-refractivity contribution in [1.29, 1.82) is 0 Å². The van der Waals surface area contributed by atoms with E-state index in [4.69, 9.17) is 6.42 Å². The normalized spacial score (nSPS) is 8.92. The first-order chi connectivity index (χ1) is 5.83. The van der Waals surface area contributed by atoms with Crippen molar-refractivity contribution < 1.29 is 4.79 Å². The average molecular weight is 158 g/mol. The van der Waals surface area contributed by atoms with Crippen LogP contribution >= 0.6 is 0 Å². The van der Waals surface area contributed by atoms with E-state index >= 15 is 0 Å². The van der Waals surface area contributed by atoms with Gasteiger partial charge in [0.2, 0.25) is 5.78 Å². The summed E-state index contributed by atoms with van der Waals surface area (Å²) in [5.41, 5.74) is 1.15. The first-order valence-electron chi connectivity index (χ1n) is 3.86. The molecule has 0 heterocycles. The Labute approximate surface area is 72.4 Å². The molecule has 1 aromatic carbocycles. The lowest BCUT2D eigenvalue weighted by Gasteiger charge is -1.95. The molecule has 0 saturated carbocycles. The quantitative estimate of drug-likeness (QED) is 0.484. The van der Waals surface area contributed by atoms with Crippen LogP contribution in [0.4, 0.5) is 0 Å². The fourth-order valence-electron chi connectivity index (χ4n) is 0.975. The topological polar surface area (TPSA) is 17.1 Å².